The third-order valence-corrected chi connectivity index (χ3v) is 3.49. The number of hydrogen-bond acceptors (Lipinski definition) is 4. The molecular weight excluding hydrogens is 271 g/mol. The van der Waals surface area contributed by atoms with Crippen molar-refractivity contribution in [1.82, 2.24) is 5.32 Å². The summed E-state index contributed by atoms with van der Waals surface area (Å²) < 4.78 is 24.0. The number of hydrogen-bond donors (Lipinski definition) is 1. The summed E-state index contributed by atoms with van der Waals surface area (Å²) in [6, 6.07) is 3.63. The Morgan fingerprint density at radius 2 is 2.29 bits per heavy atom. The van der Waals surface area contributed by atoms with Gasteiger partial charge < -0.3 is 14.5 Å². The zero-order chi connectivity index (χ0) is 14.8. The number of nitrogens with one attached hydrogen (secondary N) is 1. The lowest BCUT2D eigenvalue weighted by molar-refractivity contribution is 0.164. The molecule has 3 heterocycles. The molecule has 108 valence electrons. The number of furan rings is 1. The highest BCUT2D eigenvalue weighted by atomic mass is 19.1. The van der Waals surface area contributed by atoms with E-state index in [4.69, 9.17) is 9.15 Å². The van der Waals surface area contributed by atoms with Crippen LogP contribution in [0.1, 0.15) is 18.4 Å². The maximum atomic E-state index is 13.5. The molecule has 0 saturated carbocycles. The summed E-state index contributed by atoms with van der Waals surface area (Å²) in [5.74, 6) is 7.48. The molecule has 2 aliphatic rings. The molecule has 2 atom stereocenters. The number of ether oxygens (including phenoxy) is 1. The van der Waals surface area contributed by atoms with Crippen LogP contribution in [-0.2, 0) is 11.3 Å². The van der Waals surface area contributed by atoms with E-state index < -0.39 is 0 Å². The van der Waals surface area contributed by atoms with Crippen LogP contribution in [-0.4, -0.2) is 12.9 Å². The fourth-order valence-corrected chi connectivity index (χ4v) is 2.31. The Bertz CT molecular complexity index is 703. The van der Waals surface area contributed by atoms with Gasteiger partial charge in [-0.1, -0.05) is 6.92 Å². The Hall–Kier alpha value is -2.32. The van der Waals surface area contributed by atoms with Crippen molar-refractivity contribution >= 4 is 5.84 Å². The van der Waals surface area contributed by atoms with E-state index >= 15 is 0 Å². The van der Waals surface area contributed by atoms with Gasteiger partial charge in [0.1, 0.15) is 24.0 Å². The number of halogens is 1. The molecule has 0 aliphatic carbocycles. The van der Waals surface area contributed by atoms with Gasteiger partial charge in [0.15, 0.2) is 5.76 Å². The van der Waals surface area contributed by atoms with Crippen molar-refractivity contribution in [2.24, 2.45) is 16.8 Å². The molecule has 0 aromatic carbocycles. The molecule has 2 aliphatic heterocycles. The van der Waals surface area contributed by atoms with Crippen LogP contribution >= 0.6 is 0 Å². The highest BCUT2D eigenvalue weighted by molar-refractivity contribution is 5.93. The van der Waals surface area contributed by atoms with Gasteiger partial charge in [-0.2, -0.15) is 0 Å². The highest BCUT2D eigenvalue weighted by Gasteiger charge is 2.32. The fourth-order valence-electron chi connectivity index (χ4n) is 2.31. The maximum Gasteiger partial charge on any atom is 0.177 e. The normalized spacial score (nSPS) is 23.3. The maximum absolute atomic E-state index is 13.5. The minimum atomic E-state index is -0.207. The first-order valence-electron chi connectivity index (χ1n) is 6.69. The summed E-state index contributed by atoms with van der Waals surface area (Å²) in [4.78, 5) is 4.07. The van der Waals surface area contributed by atoms with E-state index in [1.807, 2.05) is 19.1 Å². The third kappa shape index (κ3) is 2.76. The summed E-state index contributed by atoms with van der Waals surface area (Å²) in [5.41, 5.74) is 0.721. The molecule has 0 radical (unpaired) electrons. The van der Waals surface area contributed by atoms with Gasteiger partial charge in [0, 0.05) is 18.9 Å². The number of amidine groups is 1. The summed E-state index contributed by atoms with van der Waals surface area (Å²) in [5, 5.41) is 3.11. The van der Waals surface area contributed by atoms with Crippen LogP contribution in [0.5, 0.6) is 0 Å². The summed E-state index contributed by atoms with van der Waals surface area (Å²) in [6.07, 6.45) is 3.17. The van der Waals surface area contributed by atoms with E-state index in [0.717, 1.165) is 17.3 Å². The molecule has 0 amide bonds. The number of rotatable bonds is 2. The lowest BCUT2D eigenvalue weighted by Gasteiger charge is -2.19. The first kappa shape index (κ1) is 13.7. The highest BCUT2D eigenvalue weighted by Crippen LogP contribution is 2.31. The van der Waals surface area contributed by atoms with Gasteiger partial charge in [-0.15, -0.1) is 0 Å². The topological polar surface area (TPSA) is 46.8 Å². The molecule has 0 spiro atoms. The lowest BCUT2D eigenvalue weighted by atomic mass is 9.91. The van der Waals surface area contributed by atoms with Crippen LogP contribution in [0.4, 0.5) is 4.39 Å². The molecule has 3 rings (SSSR count). The Morgan fingerprint density at radius 3 is 3.10 bits per heavy atom. The quantitative estimate of drug-likeness (QED) is 0.850. The van der Waals surface area contributed by atoms with Gasteiger partial charge in [0.25, 0.3) is 0 Å². The van der Waals surface area contributed by atoms with Crippen LogP contribution in [0, 0.1) is 23.7 Å². The Morgan fingerprint density at radius 1 is 1.43 bits per heavy atom. The van der Waals surface area contributed by atoms with Crippen molar-refractivity contribution in [2.75, 3.05) is 7.11 Å². The van der Waals surface area contributed by atoms with Crippen molar-refractivity contribution < 1.29 is 13.5 Å². The summed E-state index contributed by atoms with van der Waals surface area (Å²) >= 11 is 0. The predicted octanol–water partition coefficient (Wildman–Crippen LogP) is 2.74. The van der Waals surface area contributed by atoms with E-state index in [1.54, 1.807) is 13.2 Å². The average Bonchev–Trinajstić information content (AvgIpc) is 3.08. The van der Waals surface area contributed by atoms with Crippen molar-refractivity contribution in [3.05, 3.63) is 47.5 Å². The number of allylic oxidation sites excluding steroid dienone is 2. The molecule has 21 heavy (non-hydrogen) atoms. The minimum absolute atomic E-state index is 0.0695. The van der Waals surface area contributed by atoms with Crippen LogP contribution in [0.25, 0.3) is 0 Å². The van der Waals surface area contributed by atoms with Gasteiger partial charge in [0.2, 0.25) is 0 Å². The molecule has 1 aromatic heterocycles. The van der Waals surface area contributed by atoms with E-state index in [2.05, 4.69) is 22.2 Å². The van der Waals surface area contributed by atoms with Crippen LogP contribution in [0.2, 0.25) is 0 Å². The van der Waals surface area contributed by atoms with Crippen LogP contribution in [0.3, 0.4) is 0 Å². The second kappa shape index (κ2) is 5.58. The summed E-state index contributed by atoms with van der Waals surface area (Å²) in [6.45, 7) is 2.26. The zero-order valence-electron chi connectivity index (χ0n) is 11.8. The van der Waals surface area contributed by atoms with Gasteiger partial charge in [-0.25, -0.2) is 9.38 Å². The molecular formula is C16H15FN2O2. The Kier molecular flexibility index (Phi) is 3.63. The number of methoxy groups -OCH3 is 1. The van der Waals surface area contributed by atoms with Crippen molar-refractivity contribution in [3.63, 3.8) is 0 Å². The number of aliphatic imine (C=N–C) groups is 1. The molecule has 5 heteroatoms. The monoisotopic (exact) mass is 286 g/mol. The molecule has 4 nitrogen and oxygen atoms in total. The first-order valence-corrected chi connectivity index (χ1v) is 6.69. The van der Waals surface area contributed by atoms with E-state index in [1.165, 1.54) is 6.20 Å². The third-order valence-electron chi connectivity index (χ3n) is 3.49. The molecule has 1 N–H and O–H groups in total. The largest absolute Gasteiger partial charge is 0.450 e. The second-order valence-electron chi connectivity index (χ2n) is 5.00. The van der Waals surface area contributed by atoms with E-state index in [0.29, 0.717) is 12.4 Å². The van der Waals surface area contributed by atoms with Gasteiger partial charge in [-0.05, 0) is 30.0 Å². The number of fused-ring (bicyclic) bond motifs is 1. The minimum Gasteiger partial charge on any atom is -0.450 e. The Balaban J connectivity index is 1.74. The van der Waals surface area contributed by atoms with Crippen molar-refractivity contribution in [1.29, 1.82) is 0 Å². The predicted molar refractivity (Wildman–Crippen MR) is 76.8 cm³/mol. The Labute approximate surface area is 122 Å². The van der Waals surface area contributed by atoms with Gasteiger partial charge in [0.05, 0.1) is 11.9 Å². The van der Waals surface area contributed by atoms with E-state index in [9.17, 15) is 4.39 Å². The standard InChI is InChI=1S/C16H15FN2O2/c1-10-14-7-11(19-16(14)18-8-15(10)17)3-4-12-5-6-13(21-12)9-20-2/h5-8,10,14H,9H2,1-2H3,(H,18,19). The van der Waals surface area contributed by atoms with Crippen LogP contribution in [0.15, 0.2) is 45.3 Å². The smallest absolute Gasteiger partial charge is 0.177 e. The SMILES string of the molecule is COCc1ccc(C#CC2=CC3C(=NC=C(F)C3C)N2)o1. The molecule has 0 fully saturated rings. The van der Waals surface area contributed by atoms with Gasteiger partial charge in [-0.3, -0.25) is 0 Å². The first-order chi connectivity index (χ1) is 10.2. The van der Waals surface area contributed by atoms with E-state index in [-0.39, 0.29) is 17.7 Å². The molecule has 2 unspecified atom stereocenters. The second-order valence-corrected chi connectivity index (χ2v) is 5.00. The molecule has 0 saturated heterocycles. The van der Waals surface area contributed by atoms with Crippen LogP contribution < -0.4 is 5.32 Å². The molecule has 0 bridgehead atoms. The van der Waals surface area contributed by atoms with Crippen molar-refractivity contribution in [2.45, 2.75) is 13.5 Å². The fraction of sp³-hybridized carbons (Fsp3) is 0.312. The average molecular weight is 286 g/mol. The summed E-state index contributed by atoms with van der Waals surface area (Å²) in [7, 11) is 1.61. The molecule has 1 aromatic rings. The zero-order valence-corrected chi connectivity index (χ0v) is 11.8. The van der Waals surface area contributed by atoms with Gasteiger partial charge >= 0.3 is 0 Å². The number of nitrogens with zero attached hydrogens (tertiary/aromatic N) is 1. The lowest BCUT2D eigenvalue weighted by Crippen LogP contribution is -2.28. The van der Waals surface area contributed by atoms with Crippen molar-refractivity contribution in [3.8, 4) is 11.8 Å².